The van der Waals surface area contributed by atoms with Crippen LogP contribution in [0.25, 0.3) is 22.2 Å². The van der Waals surface area contributed by atoms with Gasteiger partial charge in [-0.1, -0.05) is 37.6 Å². The molecule has 0 atom stereocenters. The Labute approximate surface area is 121 Å². The summed E-state index contributed by atoms with van der Waals surface area (Å²) in [6.45, 7) is 4.19. The second-order valence-corrected chi connectivity index (χ2v) is 5.54. The minimum Gasteiger partial charge on any atom is -0.342 e. The number of aromatic amines is 1. The van der Waals surface area contributed by atoms with Gasteiger partial charge in [0.05, 0.1) is 16.1 Å². The molecule has 0 amide bonds. The van der Waals surface area contributed by atoms with E-state index < -0.39 is 5.82 Å². The third-order valence-electron chi connectivity index (χ3n) is 3.30. The van der Waals surface area contributed by atoms with Gasteiger partial charge in [0.2, 0.25) is 0 Å². The lowest BCUT2D eigenvalue weighted by Gasteiger charge is -2.03. The third kappa shape index (κ3) is 2.29. The van der Waals surface area contributed by atoms with Crippen molar-refractivity contribution in [2.24, 2.45) is 0 Å². The molecule has 4 heteroatoms. The van der Waals surface area contributed by atoms with Gasteiger partial charge in [0.25, 0.3) is 0 Å². The molecule has 0 bridgehead atoms. The minimum atomic E-state index is -0.403. The molecule has 1 aromatic heterocycles. The molecule has 1 N–H and O–H groups in total. The molecule has 0 fully saturated rings. The molecule has 0 aliphatic rings. The number of H-pyrrole nitrogens is 1. The zero-order valence-electron chi connectivity index (χ0n) is 11.2. The lowest BCUT2D eigenvalue weighted by Crippen LogP contribution is -1.88. The number of nitrogens with zero attached hydrogens (tertiary/aromatic N) is 1. The van der Waals surface area contributed by atoms with E-state index in [-0.39, 0.29) is 5.02 Å². The number of hydrogen-bond acceptors (Lipinski definition) is 1. The van der Waals surface area contributed by atoms with Crippen LogP contribution in [0.2, 0.25) is 5.02 Å². The Hall–Kier alpha value is -1.87. The Morgan fingerprint density at radius 3 is 2.50 bits per heavy atom. The van der Waals surface area contributed by atoms with Gasteiger partial charge in [0.1, 0.15) is 11.6 Å². The van der Waals surface area contributed by atoms with E-state index in [1.54, 1.807) is 12.1 Å². The minimum absolute atomic E-state index is 0.134. The molecular formula is C16H14ClFN2. The molecule has 0 aliphatic carbocycles. The van der Waals surface area contributed by atoms with E-state index in [0.717, 1.165) is 28.0 Å². The van der Waals surface area contributed by atoms with E-state index in [2.05, 4.69) is 23.8 Å². The Kier molecular flexibility index (Phi) is 3.22. The van der Waals surface area contributed by atoms with Crippen LogP contribution >= 0.6 is 11.6 Å². The number of imidazole rings is 1. The molecule has 20 heavy (non-hydrogen) atoms. The number of hydrogen-bond donors (Lipinski definition) is 1. The van der Waals surface area contributed by atoms with Crippen LogP contribution in [-0.2, 0) is 0 Å². The molecule has 1 heterocycles. The molecule has 0 radical (unpaired) electrons. The van der Waals surface area contributed by atoms with Gasteiger partial charge in [-0.15, -0.1) is 0 Å². The quantitative estimate of drug-likeness (QED) is 0.694. The molecule has 0 saturated carbocycles. The first-order valence-electron chi connectivity index (χ1n) is 6.49. The molecule has 0 aliphatic heterocycles. The van der Waals surface area contributed by atoms with Crippen LogP contribution in [0.4, 0.5) is 4.39 Å². The maximum absolute atomic E-state index is 13.2. The standard InChI is InChI=1S/C16H14ClFN2/c1-9(2)16-19-14-6-4-11(8-15(14)20-16)10-3-5-13(18)12(17)7-10/h3-9H,1-2H3,(H,19,20). The van der Waals surface area contributed by atoms with Crippen LogP contribution in [0.1, 0.15) is 25.6 Å². The zero-order valence-corrected chi connectivity index (χ0v) is 12.0. The molecule has 0 saturated heterocycles. The lowest BCUT2D eigenvalue weighted by atomic mass is 10.1. The Morgan fingerprint density at radius 2 is 1.80 bits per heavy atom. The number of rotatable bonds is 2. The average molecular weight is 289 g/mol. The van der Waals surface area contributed by atoms with Gasteiger partial charge < -0.3 is 4.98 Å². The van der Waals surface area contributed by atoms with Gasteiger partial charge in [-0.25, -0.2) is 9.37 Å². The summed E-state index contributed by atoms with van der Waals surface area (Å²) in [5.41, 5.74) is 3.79. The highest BCUT2D eigenvalue weighted by Crippen LogP contribution is 2.27. The number of nitrogens with one attached hydrogen (secondary N) is 1. The first-order valence-corrected chi connectivity index (χ1v) is 6.87. The van der Waals surface area contributed by atoms with Crippen molar-refractivity contribution in [2.75, 3.05) is 0 Å². The van der Waals surface area contributed by atoms with Crippen molar-refractivity contribution in [3.8, 4) is 11.1 Å². The zero-order chi connectivity index (χ0) is 14.3. The Balaban J connectivity index is 2.09. The first-order chi connectivity index (χ1) is 9.54. The number of benzene rings is 2. The highest BCUT2D eigenvalue weighted by molar-refractivity contribution is 6.31. The van der Waals surface area contributed by atoms with Crippen molar-refractivity contribution in [1.29, 1.82) is 0 Å². The summed E-state index contributed by atoms with van der Waals surface area (Å²) in [6, 6.07) is 10.7. The van der Waals surface area contributed by atoms with Crippen LogP contribution in [0.15, 0.2) is 36.4 Å². The molecular weight excluding hydrogens is 275 g/mol. The highest BCUT2D eigenvalue weighted by Gasteiger charge is 2.08. The summed E-state index contributed by atoms with van der Waals surface area (Å²) in [4.78, 5) is 7.85. The fourth-order valence-corrected chi connectivity index (χ4v) is 2.34. The average Bonchev–Trinajstić information content (AvgIpc) is 2.85. The second kappa shape index (κ2) is 4.91. The van der Waals surface area contributed by atoms with Crippen molar-refractivity contribution in [3.63, 3.8) is 0 Å². The van der Waals surface area contributed by atoms with Gasteiger partial charge in [-0.2, -0.15) is 0 Å². The number of halogens is 2. The second-order valence-electron chi connectivity index (χ2n) is 5.14. The predicted molar refractivity (Wildman–Crippen MR) is 80.6 cm³/mol. The van der Waals surface area contributed by atoms with E-state index in [1.165, 1.54) is 6.07 Å². The fourth-order valence-electron chi connectivity index (χ4n) is 2.16. The first kappa shape index (κ1) is 13.1. The van der Waals surface area contributed by atoms with Crippen LogP contribution < -0.4 is 0 Å². The summed E-state index contributed by atoms with van der Waals surface area (Å²) in [5.74, 6) is 0.917. The van der Waals surface area contributed by atoms with Gasteiger partial charge >= 0.3 is 0 Å². The van der Waals surface area contributed by atoms with Gasteiger partial charge in [0.15, 0.2) is 0 Å². The molecule has 3 rings (SSSR count). The van der Waals surface area contributed by atoms with E-state index in [0.29, 0.717) is 5.92 Å². The molecule has 2 nitrogen and oxygen atoms in total. The van der Waals surface area contributed by atoms with Crippen molar-refractivity contribution in [1.82, 2.24) is 9.97 Å². The van der Waals surface area contributed by atoms with E-state index >= 15 is 0 Å². The Bertz CT molecular complexity index is 777. The lowest BCUT2D eigenvalue weighted by molar-refractivity contribution is 0.628. The van der Waals surface area contributed by atoms with Crippen LogP contribution in [0.3, 0.4) is 0 Å². The van der Waals surface area contributed by atoms with Crippen molar-refractivity contribution < 1.29 is 4.39 Å². The smallest absolute Gasteiger partial charge is 0.141 e. The molecule has 102 valence electrons. The topological polar surface area (TPSA) is 28.7 Å². The molecule has 3 aromatic rings. The summed E-state index contributed by atoms with van der Waals surface area (Å²) in [6.07, 6.45) is 0. The summed E-state index contributed by atoms with van der Waals surface area (Å²) < 4.78 is 13.2. The third-order valence-corrected chi connectivity index (χ3v) is 3.59. The van der Waals surface area contributed by atoms with Crippen molar-refractivity contribution >= 4 is 22.6 Å². The summed E-state index contributed by atoms with van der Waals surface area (Å²) in [7, 11) is 0. The van der Waals surface area contributed by atoms with Crippen LogP contribution in [-0.4, -0.2) is 9.97 Å². The maximum atomic E-state index is 13.2. The normalized spacial score (nSPS) is 11.4. The fraction of sp³-hybridized carbons (Fsp3) is 0.188. The molecule has 0 unspecified atom stereocenters. The molecule has 2 aromatic carbocycles. The highest BCUT2D eigenvalue weighted by atomic mass is 35.5. The summed E-state index contributed by atoms with van der Waals surface area (Å²) in [5, 5.41) is 0.134. The number of aromatic nitrogens is 2. The SMILES string of the molecule is CC(C)c1nc2ccc(-c3ccc(F)c(Cl)c3)cc2[nH]1. The van der Waals surface area contributed by atoms with E-state index in [9.17, 15) is 4.39 Å². The summed E-state index contributed by atoms with van der Waals surface area (Å²) >= 11 is 5.83. The molecule has 0 spiro atoms. The van der Waals surface area contributed by atoms with Crippen LogP contribution in [0, 0.1) is 5.82 Å². The van der Waals surface area contributed by atoms with E-state index in [1.807, 2.05) is 18.2 Å². The van der Waals surface area contributed by atoms with Crippen LogP contribution in [0.5, 0.6) is 0 Å². The predicted octanol–water partition coefficient (Wildman–Crippen LogP) is 5.15. The monoisotopic (exact) mass is 288 g/mol. The maximum Gasteiger partial charge on any atom is 0.141 e. The van der Waals surface area contributed by atoms with E-state index in [4.69, 9.17) is 11.6 Å². The largest absolute Gasteiger partial charge is 0.342 e. The van der Waals surface area contributed by atoms with Crippen molar-refractivity contribution in [3.05, 3.63) is 53.1 Å². The van der Waals surface area contributed by atoms with Gasteiger partial charge in [0, 0.05) is 5.92 Å². The number of fused-ring (bicyclic) bond motifs is 1. The Morgan fingerprint density at radius 1 is 1.10 bits per heavy atom. The van der Waals surface area contributed by atoms with Gasteiger partial charge in [-0.05, 0) is 35.4 Å². The van der Waals surface area contributed by atoms with Gasteiger partial charge in [-0.3, -0.25) is 0 Å². The van der Waals surface area contributed by atoms with Crippen molar-refractivity contribution in [2.45, 2.75) is 19.8 Å².